The van der Waals surface area contributed by atoms with E-state index in [-0.39, 0.29) is 11.8 Å². The molecule has 4 heteroatoms. The van der Waals surface area contributed by atoms with Crippen molar-refractivity contribution in [2.75, 3.05) is 6.61 Å². The van der Waals surface area contributed by atoms with Gasteiger partial charge in [-0.15, -0.1) is 0 Å². The van der Waals surface area contributed by atoms with E-state index in [1.54, 1.807) is 12.1 Å². The van der Waals surface area contributed by atoms with Gasteiger partial charge < -0.3 is 10.1 Å². The van der Waals surface area contributed by atoms with E-state index >= 15 is 0 Å². The monoisotopic (exact) mass is 278 g/mol. The molecule has 104 valence electrons. The Labute approximate surface area is 123 Å². The van der Waals surface area contributed by atoms with E-state index in [1.807, 2.05) is 36.4 Å². The van der Waals surface area contributed by atoms with Crippen LogP contribution in [0.1, 0.15) is 22.6 Å². The number of ether oxygens (including phenoxy) is 1. The molecular formula is C17H14N2O2. The Morgan fingerprint density at radius 3 is 2.76 bits per heavy atom. The van der Waals surface area contributed by atoms with Gasteiger partial charge in [-0.1, -0.05) is 30.3 Å². The van der Waals surface area contributed by atoms with Crippen LogP contribution in [0, 0.1) is 11.3 Å². The van der Waals surface area contributed by atoms with Gasteiger partial charge in [0.2, 0.25) is 5.91 Å². The first-order valence-corrected chi connectivity index (χ1v) is 6.76. The molecule has 1 aliphatic heterocycles. The number of fused-ring (bicyclic) bond motifs is 1. The maximum Gasteiger partial charge on any atom is 0.231 e. The van der Waals surface area contributed by atoms with Crippen molar-refractivity contribution in [3.05, 3.63) is 65.2 Å². The minimum Gasteiger partial charge on any atom is -0.492 e. The Hall–Kier alpha value is -2.80. The second-order valence-corrected chi connectivity index (χ2v) is 4.93. The number of hydrogen-bond donors (Lipinski definition) is 1. The summed E-state index contributed by atoms with van der Waals surface area (Å²) < 4.78 is 5.52. The highest BCUT2D eigenvalue weighted by Gasteiger charge is 2.29. The van der Waals surface area contributed by atoms with Gasteiger partial charge in [0.1, 0.15) is 18.3 Å². The molecule has 0 saturated carbocycles. The summed E-state index contributed by atoms with van der Waals surface area (Å²) in [5.41, 5.74) is 2.52. The Morgan fingerprint density at radius 2 is 2.00 bits per heavy atom. The fourth-order valence-corrected chi connectivity index (χ4v) is 2.39. The van der Waals surface area contributed by atoms with E-state index in [1.165, 1.54) is 0 Å². The maximum absolute atomic E-state index is 12.3. The van der Waals surface area contributed by atoms with Crippen molar-refractivity contribution in [2.24, 2.45) is 0 Å². The highest BCUT2D eigenvalue weighted by molar-refractivity contribution is 5.85. The van der Waals surface area contributed by atoms with Crippen LogP contribution in [0.25, 0.3) is 0 Å². The zero-order valence-corrected chi connectivity index (χ0v) is 11.4. The quantitative estimate of drug-likeness (QED) is 0.937. The number of amides is 1. The number of para-hydroxylation sites is 1. The van der Waals surface area contributed by atoms with Crippen LogP contribution >= 0.6 is 0 Å². The largest absolute Gasteiger partial charge is 0.492 e. The fourth-order valence-electron chi connectivity index (χ4n) is 2.39. The minimum atomic E-state index is -0.250. The average molecular weight is 278 g/mol. The van der Waals surface area contributed by atoms with Crippen LogP contribution in [0.15, 0.2) is 48.5 Å². The van der Waals surface area contributed by atoms with Crippen molar-refractivity contribution in [2.45, 2.75) is 12.5 Å². The van der Waals surface area contributed by atoms with Crippen LogP contribution in [-0.2, 0) is 11.3 Å². The smallest absolute Gasteiger partial charge is 0.231 e. The molecule has 0 spiro atoms. The van der Waals surface area contributed by atoms with Gasteiger partial charge in [-0.3, -0.25) is 4.79 Å². The summed E-state index contributed by atoms with van der Waals surface area (Å²) in [4.78, 5) is 12.3. The fraction of sp³-hybridized carbons (Fsp3) is 0.176. The SMILES string of the molecule is N#Cc1ccc(CNC(=O)C2COc3ccccc32)cc1. The lowest BCUT2D eigenvalue weighted by molar-refractivity contribution is -0.122. The Bertz CT molecular complexity index is 701. The van der Waals surface area contributed by atoms with Crippen molar-refractivity contribution < 1.29 is 9.53 Å². The van der Waals surface area contributed by atoms with Crippen molar-refractivity contribution >= 4 is 5.91 Å². The molecule has 1 atom stereocenters. The molecule has 1 aliphatic rings. The maximum atomic E-state index is 12.3. The Morgan fingerprint density at radius 1 is 1.24 bits per heavy atom. The van der Waals surface area contributed by atoms with Crippen LogP contribution in [0.4, 0.5) is 0 Å². The van der Waals surface area contributed by atoms with Crippen LogP contribution in [0.3, 0.4) is 0 Å². The second kappa shape index (κ2) is 5.68. The molecule has 0 radical (unpaired) electrons. The summed E-state index contributed by atoms with van der Waals surface area (Å²) >= 11 is 0. The highest BCUT2D eigenvalue weighted by atomic mass is 16.5. The molecule has 4 nitrogen and oxygen atoms in total. The van der Waals surface area contributed by atoms with Gasteiger partial charge in [-0.25, -0.2) is 0 Å². The number of rotatable bonds is 3. The van der Waals surface area contributed by atoms with E-state index in [9.17, 15) is 4.79 Å². The molecule has 21 heavy (non-hydrogen) atoms. The van der Waals surface area contributed by atoms with Crippen molar-refractivity contribution in [1.29, 1.82) is 5.26 Å². The molecule has 0 bridgehead atoms. The standard InChI is InChI=1S/C17H14N2O2/c18-9-12-5-7-13(8-6-12)10-19-17(20)15-11-21-16-4-2-1-3-14(15)16/h1-8,15H,10-11H2,(H,19,20). The molecule has 2 aromatic carbocycles. The third kappa shape index (κ3) is 2.72. The van der Waals surface area contributed by atoms with Gasteiger partial charge in [0.15, 0.2) is 0 Å². The molecule has 2 aromatic rings. The molecule has 1 amide bonds. The Balaban J connectivity index is 1.64. The molecule has 0 saturated heterocycles. The lowest BCUT2D eigenvalue weighted by Crippen LogP contribution is -2.29. The summed E-state index contributed by atoms with van der Waals surface area (Å²) in [6.45, 7) is 0.835. The summed E-state index contributed by atoms with van der Waals surface area (Å²) in [6.07, 6.45) is 0. The topological polar surface area (TPSA) is 62.1 Å². The number of hydrogen-bond acceptors (Lipinski definition) is 3. The van der Waals surface area contributed by atoms with E-state index in [0.717, 1.165) is 16.9 Å². The van der Waals surface area contributed by atoms with E-state index in [2.05, 4.69) is 11.4 Å². The summed E-state index contributed by atoms with van der Waals surface area (Å²) in [7, 11) is 0. The predicted octanol–water partition coefficient (Wildman–Crippen LogP) is 2.35. The highest BCUT2D eigenvalue weighted by Crippen LogP contribution is 2.33. The van der Waals surface area contributed by atoms with E-state index in [4.69, 9.17) is 10.00 Å². The summed E-state index contributed by atoms with van der Waals surface area (Å²) in [5, 5.41) is 11.7. The van der Waals surface area contributed by atoms with Crippen molar-refractivity contribution in [1.82, 2.24) is 5.32 Å². The number of nitrogens with one attached hydrogen (secondary N) is 1. The Kier molecular flexibility index (Phi) is 3.57. The molecular weight excluding hydrogens is 264 g/mol. The second-order valence-electron chi connectivity index (χ2n) is 4.93. The predicted molar refractivity (Wildman–Crippen MR) is 77.7 cm³/mol. The minimum absolute atomic E-state index is 0.0377. The van der Waals surface area contributed by atoms with Crippen molar-refractivity contribution in [3.8, 4) is 11.8 Å². The average Bonchev–Trinajstić information content (AvgIpc) is 2.97. The zero-order chi connectivity index (χ0) is 14.7. The molecule has 1 heterocycles. The number of nitriles is 1. The first kappa shape index (κ1) is 13.2. The number of benzene rings is 2. The molecule has 0 fully saturated rings. The zero-order valence-electron chi connectivity index (χ0n) is 11.4. The number of carbonyl (C=O) groups excluding carboxylic acids is 1. The normalized spacial score (nSPS) is 15.7. The van der Waals surface area contributed by atoms with Gasteiger partial charge in [0.05, 0.1) is 11.6 Å². The number of carbonyl (C=O) groups is 1. The van der Waals surface area contributed by atoms with Gasteiger partial charge >= 0.3 is 0 Å². The first-order chi connectivity index (χ1) is 10.3. The van der Waals surface area contributed by atoms with E-state index < -0.39 is 0 Å². The molecule has 1 unspecified atom stereocenters. The van der Waals surface area contributed by atoms with Gasteiger partial charge in [-0.05, 0) is 23.8 Å². The lowest BCUT2D eigenvalue weighted by Gasteiger charge is -2.10. The number of nitrogens with zero attached hydrogens (tertiary/aromatic N) is 1. The van der Waals surface area contributed by atoms with Crippen LogP contribution in [-0.4, -0.2) is 12.5 Å². The molecule has 0 aromatic heterocycles. The summed E-state index contributed by atoms with van der Waals surface area (Å²) in [5.74, 6) is 0.500. The van der Waals surface area contributed by atoms with Crippen molar-refractivity contribution in [3.63, 3.8) is 0 Å². The van der Waals surface area contributed by atoms with Gasteiger partial charge in [-0.2, -0.15) is 5.26 Å². The van der Waals surface area contributed by atoms with Crippen LogP contribution in [0.5, 0.6) is 5.75 Å². The first-order valence-electron chi connectivity index (χ1n) is 6.76. The van der Waals surface area contributed by atoms with Gasteiger partial charge in [0.25, 0.3) is 0 Å². The van der Waals surface area contributed by atoms with Gasteiger partial charge in [0, 0.05) is 12.1 Å². The molecule has 1 N–H and O–H groups in total. The molecule has 0 aliphatic carbocycles. The molecule has 3 rings (SSSR count). The third-order valence-electron chi connectivity index (χ3n) is 3.57. The third-order valence-corrected chi connectivity index (χ3v) is 3.57. The van der Waals surface area contributed by atoms with Crippen LogP contribution < -0.4 is 10.1 Å². The van der Waals surface area contributed by atoms with E-state index in [0.29, 0.717) is 18.7 Å². The lowest BCUT2D eigenvalue weighted by atomic mass is 10.0. The summed E-state index contributed by atoms with van der Waals surface area (Å²) in [6, 6.07) is 16.9. The van der Waals surface area contributed by atoms with Crippen LogP contribution in [0.2, 0.25) is 0 Å².